The summed E-state index contributed by atoms with van der Waals surface area (Å²) in [4.78, 5) is 24.5. The number of halogens is 5. The smallest absolute Gasteiger partial charge is 0.418 e. The molecule has 0 saturated carbocycles. The minimum atomic E-state index is -4.82. The summed E-state index contributed by atoms with van der Waals surface area (Å²) < 4.78 is 72.3. The first-order chi connectivity index (χ1) is 16.1. The fourth-order valence-corrected chi connectivity index (χ4v) is 3.11. The van der Waals surface area contributed by atoms with Gasteiger partial charge in [-0.3, -0.25) is 9.59 Å². The van der Waals surface area contributed by atoms with Gasteiger partial charge in [-0.2, -0.15) is 13.2 Å². The quantitative estimate of drug-likeness (QED) is 0.421. The number of hydrogen-bond donors (Lipinski definition) is 2. The van der Waals surface area contributed by atoms with E-state index < -0.39 is 40.9 Å². The SMILES string of the molecule is COc1ccc(CCC(=O)Nc2ccc(NC(=O)c3ccc(F)cc3)cc2C(F)(F)F)cc1F. The van der Waals surface area contributed by atoms with Crippen molar-refractivity contribution in [2.45, 2.75) is 19.0 Å². The second-order valence-corrected chi connectivity index (χ2v) is 7.24. The number of alkyl halides is 3. The molecule has 0 fully saturated rings. The maximum atomic E-state index is 13.8. The first-order valence-corrected chi connectivity index (χ1v) is 9.97. The van der Waals surface area contributed by atoms with Crippen LogP contribution in [0.5, 0.6) is 5.75 Å². The second-order valence-electron chi connectivity index (χ2n) is 7.24. The molecule has 0 aliphatic rings. The Bertz CT molecular complexity index is 1190. The maximum Gasteiger partial charge on any atom is 0.418 e. The number of hydrogen-bond acceptors (Lipinski definition) is 3. The van der Waals surface area contributed by atoms with Crippen molar-refractivity contribution in [3.63, 3.8) is 0 Å². The van der Waals surface area contributed by atoms with Gasteiger partial charge >= 0.3 is 6.18 Å². The molecule has 2 amide bonds. The van der Waals surface area contributed by atoms with Crippen LogP contribution in [0.3, 0.4) is 0 Å². The fourth-order valence-electron chi connectivity index (χ4n) is 3.11. The van der Waals surface area contributed by atoms with Gasteiger partial charge in [0.1, 0.15) is 5.82 Å². The number of anilines is 2. The number of aryl methyl sites for hydroxylation is 1. The molecule has 0 bridgehead atoms. The van der Waals surface area contributed by atoms with Gasteiger partial charge in [-0.05, 0) is 66.6 Å². The summed E-state index contributed by atoms with van der Waals surface area (Å²) >= 11 is 0. The van der Waals surface area contributed by atoms with E-state index in [1.54, 1.807) is 6.07 Å². The lowest BCUT2D eigenvalue weighted by Gasteiger charge is -2.16. The zero-order valence-corrected chi connectivity index (χ0v) is 17.8. The van der Waals surface area contributed by atoms with Crippen molar-refractivity contribution in [1.82, 2.24) is 0 Å². The van der Waals surface area contributed by atoms with Gasteiger partial charge in [0.05, 0.1) is 18.4 Å². The molecule has 2 N–H and O–H groups in total. The topological polar surface area (TPSA) is 67.4 Å². The standard InChI is InChI=1S/C24H19F5N2O3/c1-34-21-10-2-14(12-19(21)26)3-11-22(32)31-20-9-8-17(13-18(20)24(27,28)29)30-23(33)15-4-6-16(25)7-5-15/h2,4-10,12-13H,3,11H2,1H3,(H,30,33)(H,31,32). The highest BCUT2D eigenvalue weighted by Gasteiger charge is 2.34. The number of rotatable bonds is 7. The fraction of sp³-hybridized carbons (Fsp3) is 0.167. The van der Waals surface area contributed by atoms with E-state index in [2.05, 4.69) is 10.6 Å². The van der Waals surface area contributed by atoms with Crippen molar-refractivity contribution in [1.29, 1.82) is 0 Å². The van der Waals surface area contributed by atoms with E-state index in [0.717, 1.165) is 18.2 Å². The first-order valence-electron chi connectivity index (χ1n) is 9.97. The van der Waals surface area contributed by atoms with Crippen LogP contribution in [0.1, 0.15) is 27.9 Å². The average molecular weight is 478 g/mol. The Labute approximate surface area is 191 Å². The Morgan fingerprint density at radius 3 is 2.24 bits per heavy atom. The molecular formula is C24H19F5N2O3. The zero-order chi connectivity index (χ0) is 24.9. The van der Waals surface area contributed by atoms with Crippen molar-refractivity contribution < 1.29 is 36.3 Å². The molecule has 0 aromatic heterocycles. The van der Waals surface area contributed by atoms with Crippen LogP contribution < -0.4 is 15.4 Å². The predicted octanol–water partition coefficient (Wildman–Crippen LogP) is 5.82. The third kappa shape index (κ3) is 6.31. The lowest BCUT2D eigenvalue weighted by Crippen LogP contribution is -2.18. The number of nitrogens with one attached hydrogen (secondary N) is 2. The van der Waals surface area contributed by atoms with Crippen molar-refractivity contribution in [2.75, 3.05) is 17.7 Å². The highest BCUT2D eigenvalue weighted by Crippen LogP contribution is 2.37. The van der Waals surface area contributed by atoms with Crippen LogP contribution in [0.2, 0.25) is 0 Å². The largest absolute Gasteiger partial charge is 0.494 e. The van der Waals surface area contributed by atoms with Gasteiger partial charge in [0, 0.05) is 17.7 Å². The van der Waals surface area contributed by atoms with Crippen molar-refractivity contribution in [3.8, 4) is 5.75 Å². The molecular weight excluding hydrogens is 459 g/mol. The maximum absolute atomic E-state index is 13.8. The van der Waals surface area contributed by atoms with E-state index in [9.17, 15) is 31.5 Å². The van der Waals surface area contributed by atoms with Crippen LogP contribution in [0.25, 0.3) is 0 Å². The van der Waals surface area contributed by atoms with Gasteiger partial charge in [0.25, 0.3) is 5.91 Å². The Morgan fingerprint density at radius 1 is 0.912 bits per heavy atom. The predicted molar refractivity (Wildman–Crippen MR) is 116 cm³/mol. The van der Waals surface area contributed by atoms with Crippen LogP contribution in [-0.2, 0) is 17.4 Å². The molecule has 178 valence electrons. The summed E-state index contributed by atoms with van der Waals surface area (Å²) in [6, 6.07) is 11.5. The highest BCUT2D eigenvalue weighted by molar-refractivity contribution is 6.04. The van der Waals surface area contributed by atoms with Gasteiger partial charge in [0.2, 0.25) is 5.91 Å². The van der Waals surface area contributed by atoms with Gasteiger partial charge in [-0.1, -0.05) is 6.07 Å². The molecule has 0 unspecified atom stereocenters. The van der Waals surface area contributed by atoms with E-state index in [0.29, 0.717) is 11.6 Å². The Morgan fingerprint density at radius 2 is 1.62 bits per heavy atom. The number of ether oxygens (including phenoxy) is 1. The van der Waals surface area contributed by atoms with Crippen LogP contribution in [-0.4, -0.2) is 18.9 Å². The van der Waals surface area contributed by atoms with Crippen molar-refractivity contribution in [2.24, 2.45) is 0 Å². The van der Waals surface area contributed by atoms with Gasteiger partial charge in [0.15, 0.2) is 11.6 Å². The van der Waals surface area contributed by atoms with Crippen molar-refractivity contribution >= 4 is 23.2 Å². The Hall–Kier alpha value is -3.95. The summed E-state index contributed by atoms with van der Waals surface area (Å²) in [6.07, 6.45) is -4.91. The first kappa shape index (κ1) is 24.7. The monoisotopic (exact) mass is 478 g/mol. The van der Waals surface area contributed by atoms with Crippen LogP contribution in [0, 0.1) is 11.6 Å². The van der Waals surface area contributed by atoms with Crippen LogP contribution in [0.4, 0.5) is 33.3 Å². The molecule has 10 heteroatoms. The number of amides is 2. The molecule has 0 saturated heterocycles. The van der Waals surface area contributed by atoms with Gasteiger partial charge in [-0.15, -0.1) is 0 Å². The lowest BCUT2D eigenvalue weighted by atomic mass is 10.1. The molecule has 0 aliphatic carbocycles. The molecule has 0 atom stereocenters. The van der Waals surface area contributed by atoms with Crippen LogP contribution in [0.15, 0.2) is 60.7 Å². The number of carbonyl (C=O) groups is 2. The highest BCUT2D eigenvalue weighted by atomic mass is 19.4. The average Bonchev–Trinajstić information content (AvgIpc) is 2.78. The Kier molecular flexibility index (Phi) is 7.50. The summed E-state index contributed by atoms with van der Waals surface area (Å²) in [5, 5.41) is 4.52. The molecule has 3 rings (SSSR count). The molecule has 0 aliphatic heterocycles. The van der Waals surface area contributed by atoms with Gasteiger partial charge in [-0.25, -0.2) is 8.78 Å². The summed E-state index contributed by atoms with van der Waals surface area (Å²) in [5.41, 5.74) is -1.27. The molecule has 0 spiro atoms. The van der Waals surface area contributed by atoms with E-state index in [4.69, 9.17) is 4.74 Å². The van der Waals surface area contributed by atoms with Crippen LogP contribution >= 0.6 is 0 Å². The summed E-state index contributed by atoms with van der Waals surface area (Å²) in [7, 11) is 1.31. The van der Waals surface area contributed by atoms with Crippen molar-refractivity contribution in [3.05, 3.63) is 89.0 Å². The minimum absolute atomic E-state index is 0.0367. The molecule has 0 heterocycles. The molecule has 0 radical (unpaired) electrons. The number of benzene rings is 3. The summed E-state index contributed by atoms with van der Waals surface area (Å²) in [6.45, 7) is 0. The number of carbonyl (C=O) groups excluding carboxylic acids is 2. The minimum Gasteiger partial charge on any atom is -0.494 e. The molecule has 3 aromatic rings. The third-order valence-corrected chi connectivity index (χ3v) is 4.82. The molecule has 34 heavy (non-hydrogen) atoms. The lowest BCUT2D eigenvalue weighted by molar-refractivity contribution is -0.136. The third-order valence-electron chi connectivity index (χ3n) is 4.82. The van der Waals surface area contributed by atoms with E-state index in [-0.39, 0.29) is 29.8 Å². The number of methoxy groups -OCH3 is 1. The Balaban J connectivity index is 1.71. The molecule has 3 aromatic carbocycles. The summed E-state index contributed by atoms with van der Waals surface area (Å²) in [5.74, 6) is -2.57. The van der Waals surface area contributed by atoms with Gasteiger partial charge < -0.3 is 15.4 Å². The normalized spacial score (nSPS) is 11.1. The zero-order valence-electron chi connectivity index (χ0n) is 17.8. The van der Waals surface area contributed by atoms with E-state index >= 15 is 0 Å². The van der Waals surface area contributed by atoms with E-state index in [1.165, 1.54) is 37.4 Å². The second kappa shape index (κ2) is 10.3. The molecule has 5 nitrogen and oxygen atoms in total. The van der Waals surface area contributed by atoms with E-state index in [1.807, 2.05) is 0 Å².